The molecule has 1 atom stereocenters. The molecule has 5 nitrogen and oxygen atoms in total. The predicted molar refractivity (Wildman–Crippen MR) is 124 cm³/mol. The summed E-state index contributed by atoms with van der Waals surface area (Å²) in [4.78, 5) is 8.37. The fourth-order valence-electron chi connectivity index (χ4n) is 3.78. The van der Waals surface area contributed by atoms with Crippen molar-refractivity contribution in [2.75, 3.05) is 7.11 Å². The molecule has 0 radical (unpaired) electrons. The van der Waals surface area contributed by atoms with Crippen molar-refractivity contribution in [3.63, 3.8) is 0 Å². The van der Waals surface area contributed by atoms with E-state index in [-0.39, 0.29) is 6.04 Å². The van der Waals surface area contributed by atoms with Crippen LogP contribution in [-0.2, 0) is 0 Å². The SMILES string of the molecule is COc1ccc(C2NC(=S)NC(c3ccccc3)=C2c2nc3ccccc3[nH]2)cc1. The van der Waals surface area contributed by atoms with Crippen molar-refractivity contribution >= 4 is 39.6 Å². The molecule has 1 aromatic heterocycles. The van der Waals surface area contributed by atoms with Gasteiger partial charge in [-0.3, -0.25) is 0 Å². The van der Waals surface area contributed by atoms with E-state index in [9.17, 15) is 0 Å². The lowest BCUT2D eigenvalue weighted by atomic mass is 9.92. The molecule has 6 heteroatoms. The molecule has 0 aliphatic carbocycles. The Hall–Kier alpha value is -3.64. The van der Waals surface area contributed by atoms with Gasteiger partial charge in [-0.15, -0.1) is 0 Å². The predicted octanol–water partition coefficient (Wildman–Crippen LogP) is 4.66. The Morgan fingerprint density at radius 3 is 2.37 bits per heavy atom. The smallest absolute Gasteiger partial charge is 0.171 e. The highest BCUT2D eigenvalue weighted by Crippen LogP contribution is 2.37. The van der Waals surface area contributed by atoms with Gasteiger partial charge in [0.15, 0.2) is 5.11 Å². The first-order valence-corrected chi connectivity index (χ1v) is 10.1. The lowest BCUT2D eigenvalue weighted by Crippen LogP contribution is -2.42. The summed E-state index contributed by atoms with van der Waals surface area (Å²) in [5.41, 5.74) is 6.00. The van der Waals surface area contributed by atoms with Crippen LogP contribution < -0.4 is 15.4 Å². The largest absolute Gasteiger partial charge is 0.497 e. The summed E-state index contributed by atoms with van der Waals surface area (Å²) in [5, 5.41) is 7.37. The fraction of sp³-hybridized carbons (Fsp3) is 0.0833. The van der Waals surface area contributed by atoms with Crippen LogP contribution in [0.1, 0.15) is 23.0 Å². The van der Waals surface area contributed by atoms with E-state index in [1.54, 1.807) is 7.11 Å². The number of nitrogens with zero attached hydrogens (tertiary/aromatic N) is 1. The Kier molecular flexibility index (Phi) is 4.69. The lowest BCUT2D eigenvalue weighted by Gasteiger charge is -2.31. The summed E-state index contributed by atoms with van der Waals surface area (Å²) >= 11 is 5.56. The molecule has 4 aromatic rings. The summed E-state index contributed by atoms with van der Waals surface area (Å²) in [7, 11) is 1.67. The maximum absolute atomic E-state index is 5.56. The lowest BCUT2D eigenvalue weighted by molar-refractivity contribution is 0.414. The Morgan fingerprint density at radius 1 is 0.900 bits per heavy atom. The highest BCUT2D eigenvalue weighted by molar-refractivity contribution is 7.80. The van der Waals surface area contributed by atoms with Gasteiger partial charge in [0.1, 0.15) is 11.6 Å². The third-order valence-corrected chi connectivity index (χ3v) is 5.45. The average molecular weight is 413 g/mol. The summed E-state index contributed by atoms with van der Waals surface area (Å²) in [6.45, 7) is 0. The second kappa shape index (κ2) is 7.65. The van der Waals surface area contributed by atoms with Crippen molar-refractivity contribution in [3.8, 4) is 5.75 Å². The summed E-state index contributed by atoms with van der Waals surface area (Å²) in [6, 6.07) is 26.1. The second-order valence-electron chi connectivity index (χ2n) is 7.06. The highest BCUT2D eigenvalue weighted by atomic mass is 32.1. The minimum Gasteiger partial charge on any atom is -0.497 e. The molecule has 148 valence electrons. The summed E-state index contributed by atoms with van der Waals surface area (Å²) < 4.78 is 5.33. The number of imidazole rings is 1. The summed E-state index contributed by atoms with van der Waals surface area (Å²) in [6.07, 6.45) is 0. The molecule has 1 unspecified atom stereocenters. The van der Waals surface area contributed by atoms with Crippen LogP contribution in [0.5, 0.6) is 5.75 Å². The average Bonchev–Trinajstić information content (AvgIpc) is 3.23. The van der Waals surface area contributed by atoms with Gasteiger partial charge in [0.05, 0.1) is 29.9 Å². The first-order valence-electron chi connectivity index (χ1n) is 9.69. The van der Waals surface area contributed by atoms with E-state index in [0.29, 0.717) is 5.11 Å². The van der Waals surface area contributed by atoms with Crippen molar-refractivity contribution in [3.05, 3.63) is 95.8 Å². The van der Waals surface area contributed by atoms with Crippen LogP contribution in [0.3, 0.4) is 0 Å². The monoisotopic (exact) mass is 412 g/mol. The van der Waals surface area contributed by atoms with E-state index in [4.69, 9.17) is 21.9 Å². The quantitative estimate of drug-likeness (QED) is 0.426. The molecule has 1 aliphatic rings. The van der Waals surface area contributed by atoms with E-state index in [1.807, 2.05) is 54.6 Å². The number of thiocarbonyl (C=S) groups is 1. The standard InChI is InChI=1S/C24H20N4OS/c1-29-17-13-11-16(12-14-17)22-20(23-25-18-9-5-6-10-19(18)26-23)21(27-24(30)28-22)15-7-3-2-4-8-15/h2-14,22H,1H3,(H,25,26)(H2,27,28,30). The number of methoxy groups -OCH3 is 1. The number of fused-ring (bicyclic) bond motifs is 1. The third kappa shape index (κ3) is 3.31. The van der Waals surface area contributed by atoms with Crippen LogP contribution >= 0.6 is 12.2 Å². The maximum Gasteiger partial charge on any atom is 0.171 e. The van der Waals surface area contributed by atoms with E-state index < -0.39 is 0 Å². The number of hydrogen-bond acceptors (Lipinski definition) is 3. The molecule has 3 aromatic carbocycles. The van der Waals surface area contributed by atoms with Gasteiger partial charge in [-0.2, -0.15) is 0 Å². The molecule has 0 amide bonds. The first kappa shape index (κ1) is 18.4. The molecular weight excluding hydrogens is 392 g/mol. The Bertz CT molecular complexity index is 1210. The van der Waals surface area contributed by atoms with Crippen molar-refractivity contribution in [2.24, 2.45) is 0 Å². The molecule has 0 spiro atoms. The Morgan fingerprint density at radius 2 is 1.63 bits per heavy atom. The molecule has 1 aliphatic heterocycles. The summed E-state index contributed by atoms with van der Waals surface area (Å²) in [5.74, 6) is 1.62. The van der Waals surface area contributed by atoms with Crippen molar-refractivity contribution in [1.82, 2.24) is 20.6 Å². The van der Waals surface area contributed by atoms with Gasteiger partial charge >= 0.3 is 0 Å². The van der Waals surface area contributed by atoms with Gasteiger partial charge in [0, 0.05) is 5.57 Å². The number of benzene rings is 3. The Labute approximate surface area is 179 Å². The van der Waals surface area contributed by atoms with Gasteiger partial charge in [-0.1, -0.05) is 54.6 Å². The third-order valence-electron chi connectivity index (χ3n) is 5.23. The number of aromatic amines is 1. The minimum absolute atomic E-state index is 0.166. The molecule has 0 bridgehead atoms. The molecular formula is C24H20N4OS. The van der Waals surface area contributed by atoms with Crippen molar-refractivity contribution in [1.29, 1.82) is 0 Å². The Balaban J connectivity index is 1.74. The molecule has 5 rings (SSSR count). The number of rotatable bonds is 4. The molecule has 0 fully saturated rings. The number of H-pyrrole nitrogens is 1. The topological polar surface area (TPSA) is 62.0 Å². The normalized spacial score (nSPS) is 16.3. The van der Waals surface area contributed by atoms with Gasteiger partial charge in [-0.25, -0.2) is 4.98 Å². The zero-order valence-electron chi connectivity index (χ0n) is 16.3. The van der Waals surface area contributed by atoms with E-state index in [2.05, 4.69) is 39.9 Å². The van der Waals surface area contributed by atoms with E-state index in [0.717, 1.165) is 45.0 Å². The van der Waals surface area contributed by atoms with Crippen LogP contribution in [0.25, 0.3) is 22.3 Å². The molecule has 0 saturated carbocycles. The highest BCUT2D eigenvalue weighted by Gasteiger charge is 2.30. The zero-order valence-corrected chi connectivity index (χ0v) is 17.2. The van der Waals surface area contributed by atoms with Gasteiger partial charge < -0.3 is 20.4 Å². The zero-order chi connectivity index (χ0) is 20.5. The minimum atomic E-state index is -0.166. The number of para-hydroxylation sites is 2. The van der Waals surface area contributed by atoms with Crippen LogP contribution in [0.4, 0.5) is 0 Å². The van der Waals surface area contributed by atoms with Crippen molar-refractivity contribution < 1.29 is 4.74 Å². The van der Waals surface area contributed by atoms with Crippen LogP contribution in [0, 0.1) is 0 Å². The van der Waals surface area contributed by atoms with Crippen LogP contribution in [0.2, 0.25) is 0 Å². The number of aromatic nitrogens is 2. The van der Waals surface area contributed by atoms with Gasteiger partial charge in [0.2, 0.25) is 0 Å². The van der Waals surface area contributed by atoms with Crippen molar-refractivity contribution in [2.45, 2.75) is 6.04 Å². The van der Waals surface area contributed by atoms with Gasteiger partial charge in [-0.05, 0) is 47.6 Å². The molecule has 2 heterocycles. The van der Waals surface area contributed by atoms with Crippen LogP contribution in [-0.4, -0.2) is 22.2 Å². The van der Waals surface area contributed by atoms with Crippen LogP contribution in [0.15, 0.2) is 78.9 Å². The number of nitrogens with one attached hydrogen (secondary N) is 3. The number of hydrogen-bond donors (Lipinski definition) is 3. The first-order chi connectivity index (χ1) is 14.7. The fourth-order valence-corrected chi connectivity index (χ4v) is 4.00. The van der Waals surface area contributed by atoms with E-state index >= 15 is 0 Å². The maximum atomic E-state index is 5.56. The molecule has 0 saturated heterocycles. The van der Waals surface area contributed by atoms with E-state index in [1.165, 1.54) is 0 Å². The second-order valence-corrected chi connectivity index (χ2v) is 7.47. The van der Waals surface area contributed by atoms with Gasteiger partial charge in [0.25, 0.3) is 0 Å². The molecule has 3 N–H and O–H groups in total. The number of ether oxygens (including phenoxy) is 1. The molecule has 30 heavy (non-hydrogen) atoms.